The maximum Gasteiger partial charge on any atom is 0.277 e. The molecule has 0 unspecified atom stereocenters. The van der Waals surface area contributed by atoms with Crippen molar-refractivity contribution in [3.63, 3.8) is 0 Å². The number of hydrogen-bond acceptors (Lipinski definition) is 5. The minimum Gasteiger partial charge on any atom is -0.450 e. The average Bonchev–Trinajstić information content (AvgIpc) is 3.46. The summed E-state index contributed by atoms with van der Waals surface area (Å²) < 4.78 is 24.4. The Labute approximate surface area is 187 Å². The molecule has 0 aliphatic rings. The number of hydrogen-bond donors (Lipinski definition) is 1. The summed E-state index contributed by atoms with van der Waals surface area (Å²) >= 11 is 0. The first-order valence-corrected chi connectivity index (χ1v) is 10.2. The summed E-state index contributed by atoms with van der Waals surface area (Å²) in [7, 11) is 0. The van der Waals surface area contributed by atoms with Gasteiger partial charge in [-0.15, -0.1) is 0 Å². The number of carbonyl (C=O) groups is 2. The highest BCUT2D eigenvalue weighted by atomic mass is 19.1. The van der Waals surface area contributed by atoms with Crippen molar-refractivity contribution in [3.05, 3.63) is 107 Å². The molecule has 1 amide bonds. The van der Waals surface area contributed by atoms with Crippen LogP contribution in [0.5, 0.6) is 0 Å². The van der Waals surface area contributed by atoms with Crippen LogP contribution in [-0.2, 0) is 0 Å². The van der Waals surface area contributed by atoms with E-state index in [4.69, 9.17) is 8.94 Å². The molecule has 0 radical (unpaired) electrons. The third kappa shape index (κ3) is 3.92. The molecule has 33 heavy (non-hydrogen) atoms. The summed E-state index contributed by atoms with van der Waals surface area (Å²) in [6.45, 7) is 1.98. The molecule has 3 aromatic carbocycles. The molecular weight excluding hydrogens is 423 g/mol. The van der Waals surface area contributed by atoms with Crippen LogP contribution in [0.3, 0.4) is 0 Å². The lowest BCUT2D eigenvalue weighted by Gasteiger charge is -2.04. The van der Waals surface area contributed by atoms with Crippen LogP contribution in [0.2, 0.25) is 0 Å². The number of rotatable bonds is 5. The van der Waals surface area contributed by atoms with Crippen molar-refractivity contribution in [1.82, 2.24) is 5.16 Å². The Morgan fingerprint density at radius 2 is 1.67 bits per heavy atom. The second kappa shape index (κ2) is 8.20. The second-order valence-corrected chi connectivity index (χ2v) is 7.53. The van der Waals surface area contributed by atoms with Gasteiger partial charge in [0, 0.05) is 22.6 Å². The van der Waals surface area contributed by atoms with E-state index in [0.717, 1.165) is 11.1 Å². The van der Waals surface area contributed by atoms with Gasteiger partial charge in [-0.3, -0.25) is 9.59 Å². The summed E-state index contributed by atoms with van der Waals surface area (Å²) in [6, 6.07) is 21.2. The van der Waals surface area contributed by atoms with E-state index in [0.29, 0.717) is 16.7 Å². The zero-order valence-corrected chi connectivity index (χ0v) is 17.5. The zero-order chi connectivity index (χ0) is 22.9. The van der Waals surface area contributed by atoms with Crippen molar-refractivity contribution < 1.29 is 22.9 Å². The maximum absolute atomic E-state index is 13.3. The van der Waals surface area contributed by atoms with Gasteiger partial charge in [-0.25, -0.2) is 4.39 Å². The average molecular weight is 440 g/mol. The molecule has 0 spiro atoms. The second-order valence-electron chi connectivity index (χ2n) is 7.53. The van der Waals surface area contributed by atoms with Crippen LogP contribution in [0.1, 0.15) is 32.2 Å². The standard InChI is InChI=1S/C26H17FN2O4/c1-15-6-8-16(9-7-15)22-14-20(29-33-22)26(31)28-23-19-4-2-3-5-21(19)32-25(23)24(30)17-10-12-18(27)13-11-17/h2-14H,1H3,(H,28,31). The third-order valence-corrected chi connectivity index (χ3v) is 5.23. The Kier molecular flexibility index (Phi) is 5.06. The first-order chi connectivity index (χ1) is 16.0. The van der Waals surface area contributed by atoms with E-state index in [1.807, 2.05) is 31.2 Å². The lowest BCUT2D eigenvalue weighted by Crippen LogP contribution is -2.14. The van der Waals surface area contributed by atoms with Crippen LogP contribution in [0.15, 0.2) is 87.8 Å². The van der Waals surface area contributed by atoms with Crippen molar-refractivity contribution in [2.24, 2.45) is 0 Å². The Hall–Kier alpha value is -4.52. The van der Waals surface area contributed by atoms with E-state index in [1.165, 1.54) is 30.3 Å². The molecule has 5 rings (SSSR count). The number of para-hydroxylation sites is 1. The summed E-state index contributed by atoms with van der Waals surface area (Å²) in [5.74, 6) is -1.11. The Morgan fingerprint density at radius 1 is 0.939 bits per heavy atom. The largest absolute Gasteiger partial charge is 0.450 e. The van der Waals surface area contributed by atoms with Gasteiger partial charge in [0.2, 0.25) is 5.78 Å². The number of benzene rings is 3. The molecule has 2 aromatic heterocycles. The van der Waals surface area contributed by atoms with Gasteiger partial charge in [0.1, 0.15) is 11.4 Å². The molecule has 7 heteroatoms. The Morgan fingerprint density at radius 3 is 2.42 bits per heavy atom. The molecule has 5 aromatic rings. The van der Waals surface area contributed by atoms with E-state index in [1.54, 1.807) is 24.3 Å². The first-order valence-electron chi connectivity index (χ1n) is 10.2. The molecule has 0 saturated heterocycles. The molecule has 0 aliphatic carbocycles. The van der Waals surface area contributed by atoms with Gasteiger partial charge in [-0.1, -0.05) is 47.1 Å². The van der Waals surface area contributed by atoms with Crippen LogP contribution in [0.25, 0.3) is 22.3 Å². The number of amides is 1. The number of fused-ring (bicyclic) bond motifs is 1. The van der Waals surface area contributed by atoms with Gasteiger partial charge in [-0.2, -0.15) is 0 Å². The van der Waals surface area contributed by atoms with Gasteiger partial charge < -0.3 is 14.3 Å². The predicted octanol–water partition coefficient (Wildman–Crippen LogP) is 6.02. The summed E-state index contributed by atoms with van der Waals surface area (Å²) in [4.78, 5) is 26.1. The predicted molar refractivity (Wildman–Crippen MR) is 121 cm³/mol. The van der Waals surface area contributed by atoms with Crippen LogP contribution >= 0.6 is 0 Å². The molecule has 0 fully saturated rings. The molecule has 162 valence electrons. The van der Waals surface area contributed by atoms with Crippen LogP contribution < -0.4 is 5.32 Å². The van der Waals surface area contributed by atoms with E-state index in [9.17, 15) is 14.0 Å². The fourth-order valence-electron chi connectivity index (χ4n) is 3.48. The highest BCUT2D eigenvalue weighted by Crippen LogP contribution is 2.33. The fraction of sp³-hybridized carbons (Fsp3) is 0.0385. The van der Waals surface area contributed by atoms with Gasteiger partial charge in [-0.05, 0) is 43.3 Å². The fourth-order valence-corrected chi connectivity index (χ4v) is 3.48. The number of halogens is 1. The highest BCUT2D eigenvalue weighted by Gasteiger charge is 2.25. The van der Waals surface area contributed by atoms with E-state index < -0.39 is 17.5 Å². The number of aromatic nitrogens is 1. The minimum atomic E-state index is -0.558. The smallest absolute Gasteiger partial charge is 0.277 e. The van der Waals surface area contributed by atoms with Crippen LogP contribution in [-0.4, -0.2) is 16.8 Å². The highest BCUT2D eigenvalue weighted by molar-refractivity contribution is 6.18. The normalized spacial score (nSPS) is 11.0. The number of carbonyl (C=O) groups excluding carboxylic acids is 2. The SMILES string of the molecule is Cc1ccc(-c2cc(C(=O)Nc3c(C(=O)c4ccc(F)cc4)oc4ccccc34)no2)cc1. The lowest BCUT2D eigenvalue weighted by atomic mass is 10.1. The number of nitrogens with zero attached hydrogens (tertiary/aromatic N) is 1. The molecule has 6 nitrogen and oxygen atoms in total. The van der Waals surface area contributed by atoms with Gasteiger partial charge in [0.25, 0.3) is 5.91 Å². The van der Waals surface area contributed by atoms with Crippen LogP contribution in [0.4, 0.5) is 10.1 Å². The van der Waals surface area contributed by atoms with Crippen molar-refractivity contribution in [1.29, 1.82) is 0 Å². The van der Waals surface area contributed by atoms with Gasteiger partial charge >= 0.3 is 0 Å². The molecule has 0 saturated carbocycles. The summed E-state index contributed by atoms with van der Waals surface area (Å²) in [5.41, 5.74) is 2.81. The Balaban J connectivity index is 1.49. The number of ketones is 1. The van der Waals surface area contributed by atoms with Crippen molar-refractivity contribution in [2.45, 2.75) is 6.92 Å². The molecular formula is C26H17FN2O4. The zero-order valence-electron chi connectivity index (χ0n) is 17.5. The first kappa shape index (κ1) is 20.4. The molecule has 0 atom stereocenters. The molecule has 1 N–H and O–H groups in total. The quantitative estimate of drug-likeness (QED) is 0.338. The van der Waals surface area contributed by atoms with E-state index >= 15 is 0 Å². The monoisotopic (exact) mass is 440 g/mol. The van der Waals surface area contributed by atoms with Crippen molar-refractivity contribution in [3.8, 4) is 11.3 Å². The molecule has 2 heterocycles. The topological polar surface area (TPSA) is 85.3 Å². The number of anilines is 1. The molecule has 0 aliphatic heterocycles. The van der Waals surface area contributed by atoms with Crippen LogP contribution in [0, 0.1) is 12.7 Å². The van der Waals surface area contributed by atoms with Crippen molar-refractivity contribution >= 4 is 28.3 Å². The van der Waals surface area contributed by atoms with Gasteiger partial charge in [0.05, 0.1) is 5.69 Å². The summed E-state index contributed by atoms with van der Waals surface area (Å²) in [5, 5.41) is 7.16. The van der Waals surface area contributed by atoms with E-state index in [-0.39, 0.29) is 22.7 Å². The molecule has 0 bridgehead atoms. The lowest BCUT2D eigenvalue weighted by molar-refractivity contribution is 0.101. The number of furan rings is 1. The summed E-state index contributed by atoms with van der Waals surface area (Å²) in [6.07, 6.45) is 0. The third-order valence-electron chi connectivity index (χ3n) is 5.23. The maximum atomic E-state index is 13.3. The number of nitrogens with one attached hydrogen (secondary N) is 1. The van der Waals surface area contributed by atoms with Gasteiger partial charge in [0.15, 0.2) is 17.2 Å². The minimum absolute atomic E-state index is 0.0519. The number of aryl methyl sites for hydroxylation is 1. The Bertz CT molecular complexity index is 1480. The van der Waals surface area contributed by atoms with E-state index in [2.05, 4.69) is 10.5 Å². The van der Waals surface area contributed by atoms with Crippen molar-refractivity contribution in [2.75, 3.05) is 5.32 Å².